The maximum absolute atomic E-state index is 13.4. The van der Waals surface area contributed by atoms with Gasteiger partial charge < -0.3 is 15.4 Å². The average Bonchev–Trinajstić information content (AvgIpc) is 2.39. The van der Waals surface area contributed by atoms with Crippen LogP contribution >= 0.6 is 0 Å². The second-order valence-corrected chi connectivity index (χ2v) is 5.82. The molecule has 0 bridgehead atoms. The third-order valence-electron chi connectivity index (χ3n) is 3.75. The van der Waals surface area contributed by atoms with E-state index >= 15 is 0 Å². The van der Waals surface area contributed by atoms with Crippen molar-refractivity contribution < 1.29 is 9.13 Å². The van der Waals surface area contributed by atoms with Crippen LogP contribution in [0.1, 0.15) is 31.7 Å². The van der Waals surface area contributed by atoms with E-state index in [4.69, 9.17) is 10.5 Å². The predicted octanol–water partition coefficient (Wildman–Crippen LogP) is 2.72. The molecule has 1 aliphatic heterocycles. The first-order valence-corrected chi connectivity index (χ1v) is 7.43. The summed E-state index contributed by atoms with van der Waals surface area (Å²) >= 11 is 0. The van der Waals surface area contributed by atoms with E-state index in [1.54, 1.807) is 6.07 Å². The highest BCUT2D eigenvalue weighted by molar-refractivity contribution is 5.53. The molecule has 1 fully saturated rings. The lowest BCUT2D eigenvalue weighted by Gasteiger charge is -2.30. The Morgan fingerprint density at radius 2 is 2.25 bits per heavy atom. The molecule has 0 radical (unpaired) electrons. The maximum atomic E-state index is 13.4. The van der Waals surface area contributed by atoms with Crippen molar-refractivity contribution in [2.75, 3.05) is 25.1 Å². The van der Waals surface area contributed by atoms with Crippen LogP contribution < -0.4 is 10.6 Å². The van der Waals surface area contributed by atoms with Gasteiger partial charge in [-0.2, -0.15) is 0 Å². The molecule has 0 aliphatic carbocycles. The zero-order chi connectivity index (χ0) is 14.5. The van der Waals surface area contributed by atoms with Crippen LogP contribution in [0.4, 0.5) is 10.1 Å². The largest absolute Gasteiger partial charge is 0.376 e. The number of ether oxygens (including phenoxy) is 1. The Kier molecular flexibility index (Phi) is 5.38. The lowest BCUT2D eigenvalue weighted by Crippen LogP contribution is -2.34. The Balaban J connectivity index is 2.09. The van der Waals surface area contributed by atoms with E-state index in [1.807, 2.05) is 20.0 Å². The average molecular weight is 280 g/mol. The minimum Gasteiger partial charge on any atom is -0.376 e. The monoisotopic (exact) mass is 280 g/mol. The van der Waals surface area contributed by atoms with Crippen molar-refractivity contribution >= 4 is 5.69 Å². The fourth-order valence-electron chi connectivity index (χ4n) is 2.79. The fraction of sp³-hybridized carbons (Fsp3) is 0.625. The number of nitrogens with zero attached hydrogens (tertiary/aromatic N) is 1. The summed E-state index contributed by atoms with van der Waals surface area (Å²) in [5.74, 6) is -0.202. The van der Waals surface area contributed by atoms with E-state index in [1.165, 1.54) is 12.5 Å². The summed E-state index contributed by atoms with van der Waals surface area (Å²) < 4.78 is 19.2. The number of hydrogen-bond donors (Lipinski definition) is 1. The van der Waals surface area contributed by atoms with Crippen molar-refractivity contribution in [2.24, 2.45) is 5.73 Å². The van der Waals surface area contributed by atoms with Crippen molar-refractivity contribution in [2.45, 2.75) is 44.8 Å². The Morgan fingerprint density at radius 3 is 2.90 bits per heavy atom. The topological polar surface area (TPSA) is 38.5 Å². The van der Waals surface area contributed by atoms with Crippen molar-refractivity contribution in [3.63, 3.8) is 0 Å². The number of likely N-dealkylation sites (N-methyl/N-ethyl adjacent to an activating group) is 1. The third-order valence-corrected chi connectivity index (χ3v) is 3.75. The number of benzene rings is 1. The fourth-order valence-corrected chi connectivity index (χ4v) is 2.79. The molecule has 2 unspecified atom stereocenters. The van der Waals surface area contributed by atoms with Crippen LogP contribution in [0.25, 0.3) is 0 Å². The molecule has 20 heavy (non-hydrogen) atoms. The maximum Gasteiger partial charge on any atom is 0.123 e. The quantitative estimate of drug-likeness (QED) is 0.901. The minimum absolute atomic E-state index is 0.0230. The molecule has 2 rings (SSSR count). The number of anilines is 1. The summed E-state index contributed by atoms with van der Waals surface area (Å²) in [5, 5.41) is 0. The smallest absolute Gasteiger partial charge is 0.123 e. The molecule has 0 aromatic heterocycles. The van der Waals surface area contributed by atoms with Gasteiger partial charge in [-0.25, -0.2) is 4.39 Å². The van der Waals surface area contributed by atoms with Gasteiger partial charge in [-0.3, -0.25) is 0 Å². The molecule has 4 heteroatoms. The van der Waals surface area contributed by atoms with E-state index in [9.17, 15) is 4.39 Å². The van der Waals surface area contributed by atoms with Crippen LogP contribution in [0.2, 0.25) is 0 Å². The molecule has 2 N–H and O–H groups in total. The van der Waals surface area contributed by atoms with Crippen LogP contribution in [0.15, 0.2) is 18.2 Å². The van der Waals surface area contributed by atoms with Crippen LogP contribution in [-0.2, 0) is 11.2 Å². The number of nitrogens with two attached hydrogens (primary N) is 1. The second-order valence-electron chi connectivity index (χ2n) is 5.82. The number of rotatable bonds is 5. The van der Waals surface area contributed by atoms with E-state index in [2.05, 4.69) is 4.90 Å². The molecule has 1 aromatic carbocycles. The summed E-state index contributed by atoms with van der Waals surface area (Å²) in [4.78, 5) is 2.16. The van der Waals surface area contributed by atoms with Gasteiger partial charge in [-0.1, -0.05) is 0 Å². The zero-order valence-corrected chi connectivity index (χ0v) is 12.4. The zero-order valence-electron chi connectivity index (χ0n) is 12.4. The Hall–Kier alpha value is -1.13. The summed E-state index contributed by atoms with van der Waals surface area (Å²) in [5.41, 5.74) is 7.89. The van der Waals surface area contributed by atoms with E-state index in [0.717, 1.165) is 37.2 Å². The number of halogens is 1. The summed E-state index contributed by atoms with van der Waals surface area (Å²) in [6.45, 7) is 3.64. The summed E-state index contributed by atoms with van der Waals surface area (Å²) in [6, 6.07) is 4.97. The van der Waals surface area contributed by atoms with Gasteiger partial charge in [0.05, 0.1) is 6.10 Å². The van der Waals surface area contributed by atoms with Gasteiger partial charge in [-0.05, 0) is 56.4 Å². The molecule has 0 saturated carbocycles. The van der Waals surface area contributed by atoms with Gasteiger partial charge in [0, 0.05) is 31.9 Å². The molecule has 2 atom stereocenters. The first kappa shape index (κ1) is 15.3. The van der Waals surface area contributed by atoms with Crippen LogP contribution in [0.5, 0.6) is 0 Å². The minimum atomic E-state index is -0.202. The van der Waals surface area contributed by atoms with Gasteiger partial charge >= 0.3 is 0 Å². The highest BCUT2D eigenvalue weighted by Crippen LogP contribution is 2.24. The molecule has 112 valence electrons. The molecular weight excluding hydrogens is 255 g/mol. The molecule has 0 spiro atoms. The van der Waals surface area contributed by atoms with Gasteiger partial charge in [-0.15, -0.1) is 0 Å². The molecule has 3 nitrogen and oxygen atoms in total. The second kappa shape index (κ2) is 7.04. The lowest BCUT2D eigenvalue weighted by atomic mass is 10.0. The standard InChI is InChI=1S/C16H25FN2O/c1-12(18)9-13-10-14(17)6-7-16(13)19(2)11-15-5-3-4-8-20-15/h6-7,10,12,15H,3-5,8-9,11,18H2,1-2H3. The summed E-state index contributed by atoms with van der Waals surface area (Å²) in [6.07, 6.45) is 4.46. The Bertz CT molecular complexity index is 430. The van der Waals surface area contributed by atoms with Crippen LogP contribution in [0, 0.1) is 5.82 Å². The third kappa shape index (κ3) is 4.18. The van der Waals surface area contributed by atoms with Crippen LogP contribution in [-0.4, -0.2) is 32.3 Å². The first-order chi connectivity index (χ1) is 9.56. The summed E-state index contributed by atoms with van der Waals surface area (Å²) in [7, 11) is 2.04. The normalized spacial score (nSPS) is 20.7. The van der Waals surface area contributed by atoms with Gasteiger partial charge in [0.15, 0.2) is 0 Å². The Morgan fingerprint density at radius 1 is 1.45 bits per heavy atom. The number of hydrogen-bond acceptors (Lipinski definition) is 3. The molecule has 1 saturated heterocycles. The van der Waals surface area contributed by atoms with E-state index in [0.29, 0.717) is 6.42 Å². The lowest BCUT2D eigenvalue weighted by molar-refractivity contribution is 0.0216. The Labute approximate surface area is 120 Å². The van der Waals surface area contributed by atoms with Gasteiger partial charge in [0.1, 0.15) is 5.82 Å². The molecule has 1 heterocycles. The molecule has 1 aromatic rings. The highest BCUT2D eigenvalue weighted by atomic mass is 19.1. The van der Waals surface area contributed by atoms with Crippen molar-refractivity contribution in [1.82, 2.24) is 0 Å². The SMILES string of the molecule is CC(N)Cc1cc(F)ccc1N(C)CC1CCCCO1. The van der Waals surface area contributed by atoms with Gasteiger partial charge in [0.2, 0.25) is 0 Å². The van der Waals surface area contributed by atoms with Gasteiger partial charge in [0.25, 0.3) is 0 Å². The van der Waals surface area contributed by atoms with E-state index < -0.39 is 0 Å². The van der Waals surface area contributed by atoms with E-state index in [-0.39, 0.29) is 18.0 Å². The molecular formula is C16H25FN2O. The molecule has 1 aliphatic rings. The van der Waals surface area contributed by atoms with Crippen molar-refractivity contribution in [1.29, 1.82) is 0 Å². The van der Waals surface area contributed by atoms with Crippen LogP contribution in [0.3, 0.4) is 0 Å². The molecule has 0 amide bonds. The highest BCUT2D eigenvalue weighted by Gasteiger charge is 2.18. The van der Waals surface area contributed by atoms with Crippen molar-refractivity contribution in [3.8, 4) is 0 Å². The van der Waals surface area contributed by atoms with Crippen molar-refractivity contribution in [3.05, 3.63) is 29.6 Å². The first-order valence-electron chi connectivity index (χ1n) is 7.43. The predicted molar refractivity (Wildman–Crippen MR) is 80.6 cm³/mol.